The molecule has 0 aliphatic rings. The summed E-state index contributed by atoms with van der Waals surface area (Å²) in [5, 5.41) is 18.0. The molecule has 8 heteroatoms. The SMILES string of the molecule is CCn1ncc2c(C(=O)Nc3nnc(C(C)(C)c4ccccc4)s3)cc(-c3ccccc3)nc21. The zero-order valence-corrected chi connectivity index (χ0v) is 20.0. The van der Waals surface area contributed by atoms with Gasteiger partial charge in [0, 0.05) is 17.5 Å². The van der Waals surface area contributed by atoms with Crippen molar-refractivity contribution in [2.24, 2.45) is 0 Å². The van der Waals surface area contributed by atoms with Gasteiger partial charge in [-0.2, -0.15) is 5.10 Å². The van der Waals surface area contributed by atoms with Crippen LogP contribution in [-0.2, 0) is 12.0 Å². The van der Waals surface area contributed by atoms with Crippen molar-refractivity contribution >= 4 is 33.4 Å². The molecule has 1 N–H and O–H groups in total. The van der Waals surface area contributed by atoms with E-state index in [0.717, 1.165) is 21.8 Å². The van der Waals surface area contributed by atoms with Crippen LogP contribution in [0.15, 0.2) is 72.9 Å². The van der Waals surface area contributed by atoms with Gasteiger partial charge in [0.05, 0.1) is 22.8 Å². The van der Waals surface area contributed by atoms with Crippen LogP contribution in [0.25, 0.3) is 22.3 Å². The monoisotopic (exact) mass is 468 g/mol. The third-order valence-electron chi connectivity index (χ3n) is 5.90. The number of fused-ring (bicyclic) bond motifs is 1. The van der Waals surface area contributed by atoms with Crippen LogP contribution in [0.4, 0.5) is 5.13 Å². The van der Waals surface area contributed by atoms with E-state index in [1.54, 1.807) is 10.9 Å². The maximum atomic E-state index is 13.4. The highest BCUT2D eigenvalue weighted by molar-refractivity contribution is 7.15. The van der Waals surface area contributed by atoms with Crippen molar-refractivity contribution in [3.63, 3.8) is 0 Å². The number of hydrogen-bond acceptors (Lipinski definition) is 6. The van der Waals surface area contributed by atoms with Crippen molar-refractivity contribution < 1.29 is 4.79 Å². The number of hydrogen-bond donors (Lipinski definition) is 1. The molecule has 0 saturated heterocycles. The second-order valence-corrected chi connectivity index (χ2v) is 9.45. The molecular weight excluding hydrogens is 444 g/mol. The van der Waals surface area contributed by atoms with E-state index in [4.69, 9.17) is 4.98 Å². The average molecular weight is 469 g/mol. The van der Waals surface area contributed by atoms with Crippen LogP contribution < -0.4 is 5.32 Å². The van der Waals surface area contributed by atoms with Crippen LogP contribution in [0.1, 0.15) is 41.7 Å². The van der Waals surface area contributed by atoms with Gasteiger partial charge in [-0.1, -0.05) is 72.0 Å². The van der Waals surface area contributed by atoms with Gasteiger partial charge in [0.2, 0.25) is 5.13 Å². The number of nitrogens with one attached hydrogen (secondary N) is 1. The van der Waals surface area contributed by atoms with Crippen molar-refractivity contribution in [3.05, 3.63) is 89.1 Å². The number of pyridine rings is 1. The quantitative estimate of drug-likeness (QED) is 0.353. The molecule has 7 nitrogen and oxygen atoms in total. The molecule has 0 atom stereocenters. The molecule has 0 fully saturated rings. The van der Waals surface area contributed by atoms with Crippen LogP contribution >= 0.6 is 11.3 Å². The fourth-order valence-electron chi connectivity index (χ4n) is 3.89. The number of anilines is 1. The normalized spacial score (nSPS) is 11.6. The number of benzene rings is 2. The van der Waals surface area contributed by atoms with Crippen LogP contribution in [-0.4, -0.2) is 30.9 Å². The van der Waals surface area contributed by atoms with Crippen molar-refractivity contribution in [2.75, 3.05) is 5.32 Å². The van der Waals surface area contributed by atoms with Crippen LogP contribution in [0.2, 0.25) is 0 Å². The van der Waals surface area contributed by atoms with E-state index < -0.39 is 0 Å². The van der Waals surface area contributed by atoms with Crippen molar-refractivity contribution in [1.82, 2.24) is 25.0 Å². The predicted octanol–water partition coefficient (Wildman–Crippen LogP) is 5.55. The fourth-order valence-corrected chi connectivity index (χ4v) is 4.76. The van der Waals surface area contributed by atoms with Gasteiger partial charge < -0.3 is 0 Å². The van der Waals surface area contributed by atoms with Crippen LogP contribution in [0.3, 0.4) is 0 Å². The van der Waals surface area contributed by atoms with Gasteiger partial charge in [-0.3, -0.25) is 10.1 Å². The fraction of sp³-hybridized carbons (Fsp3) is 0.192. The maximum absolute atomic E-state index is 13.4. The molecule has 0 aliphatic heterocycles. The highest BCUT2D eigenvalue weighted by atomic mass is 32.1. The summed E-state index contributed by atoms with van der Waals surface area (Å²) < 4.78 is 1.80. The Morgan fingerprint density at radius 3 is 2.44 bits per heavy atom. The lowest BCUT2D eigenvalue weighted by atomic mass is 9.85. The molecule has 1 amide bonds. The lowest BCUT2D eigenvalue weighted by Gasteiger charge is -2.21. The van der Waals surface area contributed by atoms with Gasteiger partial charge in [-0.25, -0.2) is 9.67 Å². The maximum Gasteiger partial charge on any atom is 0.258 e. The molecule has 3 aromatic heterocycles. The van der Waals surface area contributed by atoms with Crippen LogP contribution in [0, 0.1) is 0 Å². The van der Waals surface area contributed by atoms with Gasteiger partial charge in [0.25, 0.3) is 5.91 Å². The molecule has 5 aromatic rings. The van der Waals surface area contributed by atoms with Gasteiger partial charge in [0.15, 0.2) is 5.65 Å². The molecule has 2 aromatic carbocycles. The first-order chi connectivity index (χ1) is 16.5. The van der Waals surface area contributed by atoms with E-state index in [2.05, 4.69) is 46.6 Å². The van der Waals surface area contributed by atoms with Gasteiger partial charge in [-0.15, -0.1) is 10.2 Å². The van der Waals surface area contributed by atoms with Crippen molar-refractivity contribution in [3.8, 4) is 11.3 Å². The topological polar surface area (TPSA) is 85.6 Å². The summed E-state index contributed by atoms with van der Waals surface area (Å²) in [6.07, 6.45) is 1.69. The van der Waals surface area contributed by atoms with E-state index in [0.29, 0.717) is 28.3 Å². The third-order valence-corrected chi connectivity index (χ3v) is 7.06. The van der Waals surface area contributed by atoms with Gasteiger partial charge in [-0.05, 0) is 32.4 Å². The molecule has 0 unspecified atom stereocenters. The summed E-state index contributed by atoms with van der Waals surface area (Å²) in [6.45, 7) is 6.86. The summed E-state index contributed by atoms with van der Waals surface area (Å²) in [5.41, 5.74) is 3.65. The van der Waals surface area contributed by atoms with Crippen LogP contribution in [0.5, 0.6) is 0 Å². The number of aromatic nitrogens is 5. The molecule has 34 heavy (non-hydrogen) atoms. The number of aryl methyl sites for hydroxylation is 1. The minimum absolute atomic E-state index is 0.263. The highest BCUT2D eigenvalue weighted by Crippen LogP contribution is 2.35. The molecule has 0 spiro atoms. The second-order valence-electron chi connectivity index (χ2n) is 8.48. The number of nitrogens with zero attached hydrogens (tertiary/aromatic N) is 5. The second kappa shape index (κ2) is 8.79. The van der Waals surface area contributed by atoms with E-state index >= 15 is 0 Å². The standard InChI is InChI=1S/C26H24N6OS/c1-4-32-22-20(16-27-32)19(15-21(28-22)17-11-7-5-8-12-17)23(33)29-25-31-30-24(34-25)26(2,3)18-13-9-6-10-14-18/h5-16H,4H2,1-3H3,(H,29,31,33). The van der Waals surface area contributed by atoms with E-state index in [-0.39, 0.29) is 11.3 Å². The Morgan fingerprint density at radius 1 is 1.03 bits per heavy atom. The molecule has 0 saturated carbocycles. The van der Waals surface area contributed by atoms with Gasteiger partial charge in [0.1, 0.15) is 5.01 Å². The minimum Gasteiger partial charge on any atom is -0.296 e. The largest absolute Gasteiger partial charge is 0.296 e. The predicted molar refractivity (Wildman–Crippen MR) is 135 cm³/mol. The Hall–Kier alpha value is -3.91. The zero-order valence-electron chi connectivity index (χ0n) is 19.2. The number of carbonyl (C=O) groups excluding carboxylic acids is 1. The highest BCUT2D eigenvalue weighted by Gasteiger charge is 2.28. The Morgan fingerprint density at radius 2 is 1.74 bits per heavy atom. The summed E-state index contributed by atoms with van der Waals surface area (Å²) in [6, 6.07) is 21.8. The molecular formula is C26H24N6OS. The number of amides is 1. The minimum atomic E-state index is -0.325. The summed E-state index contributed by atoms with van der Waals surface area (Å²) in [7, 11) is 0. The first kappa shape index (κ1) is 21.9. The lowest BCUT2D eigenvalue weighted by molar-refractivity contribution is 0.102. The summed E-state index contributed by atoms with van der Waals surface area (Å²) in [4.78, 5) is 18.2. The molecule has 0 aliphatic carbocycles. The summed E-state index contributed by atoms with van der Waals surface area (Å²) in [5.74, 6) is -0.263. The Labute approximate surface area is 201 Å². The first-order valence-electron chi connectivity index (χ1n) is 11.1. The molecule has 170 valence electrons. The lowest BCUT2D eigenvalue weighted by Crippen LogP contribution is -2.18. The summed E-state index contributed by atoms with van der Waals surface area (Å²) >= 11 is 1.38. The molecule has 3 heterocycles. The smallest absolute Gasteiger partial charge is 0.258 e. The Bertz CT molecular complexity index is 1460. The first-order valence-corrected chi connectivity index (χ1v) is 11.9. The average Bonchev–Trinajstić information content (AvgIpc) is 3.52. The van der Waals surface area contributed by atoms with E-state index in [1.165, 1.54) is 11.3 Å². The number of carbonyl (C=O) groups is 1. The zero-order chi connectivity index (χ0) is 23.7. The van der Waals surface area contributed by atoms with Crippen molar-refractivity contribution in [1.29, 1.82) is 0 Å². The van der Waals surface area contributed by atoms with E-state index in [9.17, 15) is 4.79 Å². The third kappa shape index (κ3) is 3.97. The molecule has 0 bridgehead atoms. The molecule has 0 radical (unpaired) electrons. The Balaban J connectivity index is 1.49. The van der Waals surface area contributed by atoms with Crippen molar-refractivity contribution in [2.45, 2.75) is 32.7 Å². The van der Waals surface area contributed by atoms with Gasteiger partial charge >= 0.3 is 0 Å². The number of rotatable bonds is 6. The Kier molecular flexibility index (Phi) is 5.67. The van der Waals surface area contributed by atoms with E-state index in [1.807, 2.05) is 61.5 Å². The molecule has 5 rings (SSSR count).